The van der Waals surface area contributed by atoms with E-state index in [0.717, 1.165) is 18.4 Å². The van der Waals surface area contributed by atoms with Gasteiger partial charge in [-0.1, -0.05) is 19.4 Å². The summed E-state index contributed by atoms with van der Waals surface area (Å²) in [5.41, 5.74) is 0.999. The van der Waals surface area contributed by atoms with Crippen molar-refractivity contribution in [3.05, 3.63) is 63.5 Å². The molecular weight excluding hydrogens is 404 g/mol. The van der Waals surface area contributed by atoms with Crippen molar-refractivity contribution in [3.63, 3.8) is 0 Å². The highest BCUT2D eigenvalue weighted by Crippen LogP contribution is 2.29. The van der Waals surface area contributed by atoms with Gasteiger partial charge in [-0.15, -0.1) is 11.3 Å². The predicted octanol–water partition coefficient (Wildman–Crippen LogP) is 4.09. The van der Waals surface area contributed by atoms with Crippen LogP contribution in [0.2, 0.25) is 0 Å². The molecule has 0 unspecified atom stereocenters. The minimum absolute atomic E-state index is 0.0682. The highest BCUT2D eigenvalue weighted by atomic mass is 32.1. The maximum absolute atomic E-state index is 12.1. The molecule has 0 spiro atoms. The number of hydrogen-bond donors (Lipinski definition) is 0. The van der Waals surface area contributed by atoms with E-state index < -0.39 is 5.97 Å². The van der Waals surface area contributed by atoms with E-state index in [1.165, 1.54) is 27.9 Å². The molecule has 0 N–H and O–H groups in total. The maximum Gasteiger partial charge on any atom is 0.331 e. The summed E-state index contributed by atoms with van der Waals surface area (Å²) in [5.74, 6) is 0.800. The zero-order chi connectivity index (χ0) is 21.3. The van der Waals surface area contributed by atoms with Gasteiger partial charge in [0, 0.05) is 23.7 Å². The van der Waals surface area contributed by atoms with Crippen molar-refractivity contribution in [3.8, 4) is 11.5 Å². The molecule has 0 fully saturated rings. The Labute approximate surface area is 178 Å². The van der Waals surface area contributed by atoms with Gasteiger partial charge in [-0.25, -0.2) is 9.78 Å². The van der Waals surface area contributed by atoms with Gasteiger partial charge in [0.15, 0.2) is 16.5 Å². The topological polar surface area (TPSA) is 79.1 Å². The first-order valence-corrected chi connectivity index (χ1v) is 10.7. The molecule has 0 amide bonds. The molecule has 0 saturated carbocycles. The molecule has 3 aromatic rings. The molecule has 2 heterocycles. The van der Waals surface area contributed by atoms with Gasteiger partial charge in [0.05, 0.1) is 18.9 Å². The largest absolute Gasteiger partial charge is 0.490 e. The summed E-state index contributed by atoms with van der Waals surface area (Å²) >= 11 is 1.35. The predicted molar refractivity (Wildman–Crippen MR) is 116 cm³/mol. The number of unbranched alkanes of at least 4 members (excludes halogenated alkanes) is 1. The minimum atomic E-state index is -0.524. The number of ether oxygens (including phenoxy) is 3. The highest BCUT2D eigenvalue weighted by molar-refractivity contribution is 7.15. The average molecular weight is 429 g/mol. The van der Waals surface area contributed by atoms with Gasteiger partial charge in [-0.05, 0) is 37.1 Å². The molecule has 0 saturated heterocycles. The van der Waals surface area contributed by atoms with Crippen molar-refractivity contribution in [2.75, 3.05) is 13.2 Å². The summed E-state index contributed by atoms with van der Waals surface area (Å²) in [6.07, 6.45) is 6.66. The van der Waals surface area contributed by atoms with Crippen LogP contribution in [0.25, 0.3) is 11.0 Å². The molecule has 158 valence electrons. The van der Waals surface area contributed by atoms with Gasteiger partial charge in [0.25, 0.3) is 5.56 Å². The number of fused-ring (bicyclic) bond motifs is 1. The third-order valence-corrected chi connectivity index (χ3v) is 4.91. The number of hydrogen-bond acceptors (Lipinski definition) is 7. The summed E-state index contributed by atoms with van der Waals surface area (Å²) in [5, 5.41) is 1.78. The maximum atomic E-state index is 12.1. The van der Waals surface area contributed by atoms with Crippen molar-refractivity contribution in [1.82, 2.24) is 9.38 Å². The molecule has 7 nitrogen and oxygen atoms in total. The molecule has 0 radical (unpaired) electrons. The van der Waals surface area contributed by atoms with Gasteiger partial charge < -0.3 is 14.2 Å². The lowest BCUT2D eigenvalue weighted by molar-refractivity contribution is -0.139. The van der Waals surface area contributed by atoms with Crippen LogP contribution in [-0.2, 0) is 16.1 Å². The van der Waals surface area contributed by atoms with Crippen LogP contribution in [0.3, 0.4) is 0 Å². The summed E-state index contributed by atoms with van der Waals surface area (Å²) in [6.45, 7) is 5.09. The number of thiazole rings is 1. The first-order chi connectivity index (χ1) is 14.6. The van der Waals surface area contributed by atoms with Crippen LogP contribution in [0.1, 0.15) is 37.9 Å². The van der Waals surface area contributed by atoms with E-state index in [0.29, 0.717) is 35.4 Å². The standard InChI is InChI=1S/C22H24N2O5S/c1-3-5-11-28-18-8-6-16(13-19(18)27-4-2)7-9-21(26)29-15-17-14-20(25)24-10-12-30-22(24)23-17/h6-10,12-14H,3-5,11,15H2,1-2H3/b9-7+. The fourth-order valence-corrected chi connectivity index (χ4v) is 3.40. The van der Waals surface area contributed by atoms with Crippen LogP contribution in [0, 0.1) is 0 Å². The van der Waals surface area contributed by atoms with E-state index in [2.05, 4.69) is 11.9 Å². The number of carbonyl (C=O) groups is 1. The van der Waals surface area contributed by atoms with E-state index in [9.17, 15) is 9.59 Å². The molecule has 0 aliphatic rings. The van der Waals surface area contributed by atoms with Crippen molar-refractivity contribution >= 4 is 28.3 Å². The molecule has 3 rings (SSSR count). The zero-order valence-electron chi connectivity index (χ0n) is 17.0. The first-order valence-electron chi connectivity index (χ1n) is 9.81. The number of rotatable bonds is 10. The fraction of sp³-hybridized carbons (Fsp3) is 0.318. The van der Waals surface area contributed by atoms with Gasteiger partial charge in [-0.3, -0.25) is 9.20 Å². The number of esters is 1. The summed E-state index contributed by atoms with van der Waals surface area (Å²) < 4.78 is 18.1. The van der Waals surface area contributed by atoms with Gasteiger partial charge in [-0.2, -0.15) is 0 Å². The van der Waals surface area contributed by atoms with E-state index in [4.69, 9.17) is 14.2 Å². The first kappa shape index (κ1) is 21.6. The summed E-state index contributed by atoms with van der Waals surface area (Å²) in [7, 11) is 0. The lowest BCUT2D eigenvalue weighted by Crippen LogP contribution is -2.14. The molecule has 1 aromatic carbocycles. The number of benzene rings is 1. The smallest absolute Gasteiger partial charge is 0.331 e. The SMILES string of the molecule is CCCCOc1ccc(/C=C/C(=O)OCc2cc(=O)n3ccsc3n2)cc1OCC. The van der Waals surface area contributed by atoms with Crippen molar-refractivity contribution < 1.29 is 19.0 Å². The van der Waals surface area contributed by atoms with Crippen molar-refractivity contribution in [2.24, 2.45) is 0 Å². The Morgan fingerprint density at radius 1 is 1.20 bits per heavy atom. The Kier molecular flexibility index (Phi) is 7.62. The van der Waals surface area contributed by atoms with E-state index in [-0.39, 0.29) is 12.2 Å². The van der Waals surface area contributed by atoms with E-state index >= 15 is 0 Å². The van der Waals surface area contributed by atoms with E-state index in [1.54, 1.807) is 17.7 Å². The highest BCUT2D eigenvalue weighted by Gasteiger charge is 2.07. The Balaban J connectivity index is 1.61. The van der Waals surface area contributed by atoms with Crippen LogP contribution in [0.4, 0.5) is 0 Å². The Morgan fingerprint density at radius 2 is 2.07 bits per heavy atom. The Hall–Kier alpha value is -3.13. The van der Waals surface area contributed by atoms with Crippen LogP contribution in [-0.4, -0.2) is 28.6 Å². The normalized spacial score (nSPS) is 11.1. The Bertz CT molecular complexity index is 1090. The van der Waals surface area contributed by atoms with Crippen LogP contribution in [0.5, 0.6) is 11.5 Å². The molecule has 8 heteroatoms. The number of aromatic nitrogens is 2. The van der Waals surface area contributed by atoms with Gasteiger partial charge in [0.2, 0.25) is 0 Å². The van der Waals surface area contributed by atoms with Crippen LogP contribution < -0.4 is 15.0 Å². The second kappa shape index (κ2) is 10.6. The minimum Gasteiger partial charge on any atom is -0.490 e. The average Bonchev–Trinajstić information content (AvgIpc) is 3.22. The van der Waals surface area contributed by atoms with E-state index in [1.807, 2.05) is 25.1 Å². The molecule has 2 aromatic heterocycles. The summed E-state index contributed by atoms with van der Waals surface area (Å²) in [6, 6.07) is 6.87. The number of carbonyl (C=O) groups excluding carboxylic acids is 1. The third kappa shape index (κ3) is 5.70. The molecule has 0 aliphatic carbocycles. The molecule has 0 bridgehead atoms. The molecule has 30 heavy (non-hydrogen) atoms. The van der Waals surface area contributed by atoms with Gasteiger partial charge >= 0.3 is 5.97 Å². The lowest BCUT2D eigenvalue weighted by atomic mass is 10.2. The van der Waals surface area contributed by atoms with Crippen molar-refractivity contribution in [1.29, 1.82) is 0 Å². The van der Waals surface area contributed by atoms with Gasteiger partial charge in [0.1, 0.15) is 6.61 Å². The zero-order valence-corrected chi connectivity index (χ0v) is 17.8. The lowest BCUT2D eigenvalue weighted by Gasteiger charge is -2.12. The second-order valence-corrected chi connectivity index (χ2v) is 7.30. The third-order valence-electron chi connectivity index (χ3n) is 4.15. The van der Waals surface area contributed by atoms with Crippen LogP contribution in [0.15, 0.2) is 46.7 Å². The second-order valence-electron chi connectivity index (χ2n) is 6.42. The Morgan fingerprint density at radius 3 is 2.87 bits per heavy atom. The van der Waals surface area contributed by atoms with Crippen LogP contribution >= 0.6 is 11.3 Å². The fourth-order valence-electron chi connectivity index (χ4n) is 2.66. The summed E-state index contributed by atoms with van der Waals surface area (Å²) in [4.78, 5) is 28.9. The number of nitrogens with zero attached hydrogens (tertiary/aromatic N) is 2. The molecule has 0 aliphatic heterocycles. The molecular formula is C22H24N2O5S. The molecule has 0 atom stereocenters. The van der Waals surface area contributed by atoms with Crippen molar-refractivity contribution in [2.45, 2.75) is 33.3 Å². The monoisotopic (exact) mass is 428 g/mol. The quantitative estimate of drug-likeness (QED) is 0.275.